The molecule has 0 aromatic heterocycles. The van der Waals surface area contributed by atoms with Crippen LogP contribution in [0, 0.1) is 0 Å². The van der Waals surface area contributed by atoms with E-state index in [1.54, 1.807) is 19.1 Å². The Morgan fingerprint density at radius 1 is 1.06 bits per heavy atom. The highest BCUT2D eigenvalue weighted by Gasteiger charge is 2.30. The van der Waals surface area contributed by atoms with Crippen LogP contribution < -0.4 is 19.1 Å². The van der Waals surface area contributed by atoms with Gasteiger partial charge in [-0.05, 0) is 37.5 Å². The van der Waals surface area contributed by atoms with Gasteiger partial charge in [-0.1, -0.05) is 37.3 Å². The number of ether oxygens (including phenoxy) is 2. The highest BCUT2D eigenvalue weighted by Crippen LogP contribution is 2.33. The van der Waals surface area contributed by atoms with E-state index in [1.807, 2.05) is 37.3 Å². The minimum absolute atomic E-state index is 0.204. The van der Waals surface area contributed by atoms with Gasteiger partial charge in [-0.2, -0.15) is 0 Å². The van der Waals surface area contributed by atoms with Gasteiger partial charge in [0, 0.05) is 19.2 Å². The summed E-state index contributed by atoms with van der Waals surface area (Å²) in [5.41, 5.74) is 1.21. The topological polar surface area (TPSA) is 105 Å². The quantitative estimate of drug-likeness (QED) is 0.448. The van der Waals surface area contributed by atoms with Crippen molar-refractivity contribution >= 4 is 27.5 Å². The maximum absolute atomic E-state index is 13.5. The minimum atomic E-state index is -3.86. The van der Waals surface area contributed by atoms with Crippen molar-refractivity contribution in [1.82, 2.24) is 10.2 Å². The van der Waals surface area contributed by atoms with Gasteiger partial charge in [0.1, 0.15) is 24.1 Å². The van der Waals surface area contributed by atoms with Gasteiger partial charge in [-0.15, -0.1) is 0 Å². The molecule has 2 amide bonds. The molecule has 0 fully saturated rings. The fraction of sp³-hybridized carbons (Fsp3) is 0.440. The number of methoxy groups -OCH3 is 2. The van der Waals surface area contributed by atoms with Crippen molar-refractivity contribution in [3.05, 3.63) is 54.1 Å². The average Bonchev–Trinajstić information content (AvgIpc) is 2.85. The van der Waals surface area contributed by atoms with Crippen LogP contribution in [-0.2, 0) is 26.0 Å². The van der Waals surface area contributed by atoms with Crippen LogP contribution in [0.4, 0.5) is 5.69 Å². The molecule has 10 heteroatoms. The molecule has 0 aliphatic carbocycles. The maximum Gasteiger partial charge on any atom is 0.244 e. The Balaban J connectivity index is 2.37. The van der Waals surface area contributed by atoms with Gasteiger partial charge in [0.25, 0.3) is 0 Å². The Bertz CT molecular complexity index is 1090. The van der Waals surface area contributed by atoms with Crippen LogP contribution in [0.25, 0.3) is 0 Å². The van der Waals surface area contributed by atoms with Crippen LogP contribution in [0.15, 0.2) is 48.5 Å². The molecule has 0 heterocycles. The molecule has 9 nitrogen and oxygen atoms in total. The molecular formula is C25H35N3O6S. The molecule has 0 aliphatic heterocycles. The summed E-state index contributed by atoms with van der Waals surface area (Å²) in [5.74, 6) is -0.0622. The van der Waals surface area contributed by atoms with Crippen molar-refractivity contribution in [3.63, 3.8) is 0 Å². The van der Waals surface area contributed by atoms with E-state index in [2.05, 4.69) is 5.32 Å². The van der Waals surface area contributed by atoms with Crippen LogP contribution >= 0.6 is 0 Å². The van der Waals surface area contributed by atoms with Crippen molar-refractivity contribution in [3.8, 4) is 11.5 Å². The monoisotopic (exact) mass is 505 g/mol. The molecule has 0 unspecified atom stereocenters. The van der Waals surface area contributed by atoms with Crippen molar-refractivity contribution in [1.29, 1.82) is 0 Å². The van der Waals surface area contributed by atoms with Crippen molar-refractivity contribution in [2.75, 3.05) is 44.4 Å². The summed E-state index contributed by atoms with van der Waals surface area (Å²) in [5, 5.41) is 2.81. The number of rotatable bonds is 13. The number of benzene rings is 2. The molecule has 0 radical (unpaired) electrons. The fourth-order valence-corrected chi connectivity index (χ4v) is 4.40. The van der Waals surface area contributed by atoms with Crippen LogP contribution in [-0.4, -0.2) is 71.3 Å². The number of hydrogen-bond acceptors (Lipinski definition) is 6. The first-order valence-corrected chi connectivity index (χ1v) is 13.3. The molecule has 2 aromatic rings. The summed E-state index contributed by atoms with van der Waals surface area (Å²) in [7, 11) is -0.964. The molecule has 35 heavy (non-hydrogen) atoms. The van der Waals surface area contributed by atoms with Gasteiger partial charge in [-0.25, -0.2) is 8.42 Å². The van der Waals surface area contributed by atoms with Gasteiger partial charge in [0.2, 0.25) is 21.8 Å². The summed E-state index contributed by atoms with van der Waals surface area (Å²) in [6, 6.07) is 13.5. The van der Waals surface area contributed by atoms with E-state index in [0.29, 0.717) is 18.7 Å². The zero-order valence-corrected chi connectivity index (χ0v) is 21.8. The zero-order valence-electron chi connectivity index (χ0n) is 21.0. The standard InChI is InChI=1S/C25H35N3O6S/c1-6-15-26-25(30)19(2)27(16-14-20-10-8-7-9-11-20)24(29)18-28(35(5,31)32)22-13-12-21(33-3)17-23(22)34-4/h7-13,17,19H,6,14-16,18H2,1-5H3,(H,26,30)/t19-/m0/s1. The number of sulfonamides is 1. The molecule has 0 spiro atoms. The van der Waals surface area contributed by atoms with Crippen molar-refractivity contribution in [2.45, 2.75) is 32.7 Å². The number of carbonyl (C=O) groups is 2. The van der Waals surface area contributed by atoms with Gasteiger partial charge in [0.15, 0.2) is 0 Å². The van der Waals surface area contributed by atoms with Crippen molar-refractivity contribution in [2.24, 2.45) is 0 Å². The second kappa shape index (κ2) is 13.0. The molecule has 0 aliphatic rings. The van der Waals surface area contributed by atoms with Crippen LogP contribution in [0.3, 0.4) is 0 Å². The van der Waals surface area contributed by atoms with Crippen LogP contribution in [0.1, 0.15) is 25.8 Å². The first-order valence-electron chi connectivity index (χ1n) is 11.4. The largest absolute Gasteiger partial charge is 0.497 e. The Hall–Kier alpha value is -3.27. The van der Waals surface area contributed by atoms with E-state index < -0.39 is 28.5 Å². The molecule has 192 valence electrons. The third kappa shape index (κ3) is 7.88. The summed E-state index contributed by atoms with van der Waals surface area (Å²) in [6.45, 7) is 3.84. The van der Waals surface area contributed by atoms with Gasteiger partial charge < -0.3 is 19.7 Å². The number of nitrogens with one attached hydrogen (secondary N) is 1. The number of carbonyl (C=O) groups excluding carboxylic acids is 2. The van der Waals surface area contributed by atoms with E-state index in [9.17, 15) is 18.0 Å². The smallest absolute Gasteiger partial charge is 0.244 e. The summed E-state index contributed by atoms with van der Waals surface area (Å²) < 4.78 is 37.0. The van der Waals surface area contributed by atoms with Crippen LogP contribution in [0.5, 0.6) is 11.5 Å². The molecule has 1 N–H and O–H groups in total. The van der Waals surface area contributed by atoms with Crippen LogP contribution in [0.2, 0.25) is 0 Å². The van der Waals surface area contributed by atoms with E-state index in [4.69, 9.17) is 9.47 Å². The molecule has 2 aromatic carbocycles. The lowest BCUT2D eigenvalue weighted by Gasteiger charge is -2.31. The normalized spacial score (nSPS) is 11.9. The first kappa shape index (κ1) is 28.0. The molecule has 0 saturated heterocycles. The lowest BCUT2D eigenvalue weighted by molar-refractivity contribution is -0.138. The maximum atomic E-state index is 13.5. The molecule has 1 atom stereocenters. The van der Waals surface area contributed by atoms with E-state index in [1.165, 1.54) is 25.2 Å². The third-order valence-electron chi connectivity index (χ3n) is 5.54. The number of nitrogens with zero attached hydrogens (tertiary/aromatic N) is 2. The van der Waals surface area contributed by atoms with E-state index in [0.717, 1.165) is 22.5 Å². The SMILES string of the molecule is CCCNC(=O)[C@H](C)N(CCc1ccccc1)C(=O)CN(c1ccc(OC)cc1OC)S(C)(=O)=O. The Kier molecular flexibility index (Phi) is 10.4. The summed E-state index contributed by atoms with van der Waals surface area (Å²) >= 11 is 0. The lowest BCUT2D eigenvalue weighted by atomic mass is 10.1. The number of amides is 2. The highest BCUT2D eigenvalue weighted by atomic mass is 32.2. The third-order valence-corrected chi connectivity index (χ3v) is 6.66. The lowest BCUT2D eigenvalue weighted by Crippen LogP contribution is -2.52. The Morgan fingerprint density at radius 3 is 2.31 bits per heavy atom. The van der Waals surface area contributed by atoms with E-state index in [-0.39, 0.29) is 23.9 Å². The van der Waals surface area contributed by atoms with E-state index >= 15 is 0 Å². The zero-order chi connectivity index (χ0) is 26.0. The molecular weight excluding hydrogens is 470 g/mol. The van der Waals surface area contributed by atoms with Crippen molar-refractivity contribution < 1.29 is 27.5 Å². The summed E-state index contributed by atoms with van der Waals surface area (Å²) in [4.78, 5) is 27.6. The van der Waals surface area contributed by atoms with Gasteiger partial charge >= 0.3 is 0 Å². The predicted molar refractivity (Wildman–Crippen MR) is 136 cm³/mol. The first-order chi connectivity index (χ1) is 16.6. The number of anilines is 1. The van der Waals surface area contributed by atoms with Gasteiger partial charge in [0.05, 0.1) is 26.2 Å². The highest BCUT2D eigenvalue weighted by molar-refractivity contribution is 7.92. The average molecular weight is 506 g/mol. The fourth-order valence-electron chi connectivity index (χ4n) is 3.55. The Labute approximate surface area is 208 Å². The van der Waals surface area contributed by atoms with Gasteiger partial charge in [-0.3, -0.25) is 13.9 Å². The molecule has 0 saturated carbocycles. The summed E-state index contributed by atoms with van der Waals surface area (Å²) in [6.07, 6.45) is 2.30. The minimum Gasteiger partial charge on any atom is -0.497 e. The number of hydrogen-bond donors (Lipinski definition) is 1. The second-order valence-electron chi connectivity index (χ2n) is 8.10. The second-order valence-corrected chi connectivity index (χ2v) is 10.0. The predicted octanol–water partition coefficient (Wildman–Crippen LogP) is 2.46. The molecule has 2 rings (SSSR count). The molecule has 0 bridgehead atoms. The Morgan fingerprint density at radius 2 is 1.74 bits per heavy atom.